The highest BCUT2D eigenvalue weighted by Crippen LogP contribution is 2.31. The fourth-order valence-electron chi connectivity index (χ4n) is 3.73. The molecule has 2 heterocycles. The number of hydrogen-bond acceptors (Lipinski definition) is 3. The van der Waals surface area contributed by atoms with E-state index in [1.54, 1.807) is 6.07 Å². The minimum absolute atomic E-state index is 0.252. The van der Waals surface area contributed by atoms with E-state index in [1.807, 2.05) is 24.3 Å². The zero-order valence-corrected chi connectivity index (χ0v) is 14.4. The van der Waals surface area contributed by atoms with Crippen molar-refractivity contribution in [2.75, 3.05) is 4.90 Å². The number of benzene rings is 3. The van der Waals surface area contributed by atoms with Crippen LogP contribution in [0.15, 0.2) is 71.5 Å². The first-order valence-corrected chi connectivity index (χ1v) is 8.80. The predicted molar refractivity (Wildman–Crippen MR) is 104 cm³/mol. The number of halogens is 1. The lowest BCUT2D eigenvalue weighted by Gasteiger charge is -2.18. The standard InChI is InChI=1S/C22H16FN3O/c23-19-7-3-6-18-20(19)21(24-25-22(18)27)14-8-10-17(11-9-14)26-12-15-4-1-2-5-16(15)13-26/h1-11H,12-13H2,(H,25,27). The lowest BCUT2D eigenvalue weighted by Crippen LogP contribution is -2.14. The third-order valence-corrected chi connectivity index (χ3v) is 5.11. The summed E-state index contributed by atoms with van der Waals surface area (Å²) in [6.07, 6.45) is 0. The molecule has 0 radical (unpaired) electrons. The van der Waals surface area contributed by atoms with Gasteiger partial charge in [0.2, 0.25) is 0 Å². The number of rotatable bonds is 2. The first kappa shape index (κ1) is 15.8. The number of nitrogens with one attached hydrogen (secondary N) is 1. The van der Waals surface area contributed by atoms with Gasteiger partial charge >= 0.3 is 0 Å². The SMILES string of the molecule is O=c1[nH]nc(-c2ccc(N3Cc4ccccc4C3)cc2)c2c(F)cccc12. The molecule has 0 fully saturated rings. The Labute approximate surface area is 154 Å². The van der Waals surface area contributed by atoms with Gasteiger partial charge in [0.1, 0.15) is 11.5 Å². The second-order valence-electron chi connectivity index (χ2n) is 6.74. The highest BCUT2D eigenvalue weighted by molar-refractivity contribution is 5.94. The molecule has 4 nitrogen and oxygen atoms in total. The molecule has 5 rings (SSSR count). The van der Waals surface area contributed by atoms with Gasteiger partial charge in [-0.25, -0.2) is 9.49 Å². The van der Waals surface area contributed by atoms with E-state index < -0.39 is 5.82 Å². The number of aromatic amines is 1. The Bertz CT molecular complexity index is 1190. The van der Waals surface area contributed by atoms with Crippen LogP contribution in [0.25, 0.3) is 22.0 Å². The summed E-state index contributed by atoms with van der Waals surface area (Å²) < 4.78 is 14.4. The second kappa shape index (κ2) is 6.06. The van der Waals surface area contributed by atoms with Gasteiger partial charge < -0.3 is 4.90 Å². The number of aromatic nitrogens is 2. The fourth-order valence-corrected chi connectivity index (χ4v) is 3.73. The summed E-state index contributed by atoms with van der Waals surface area (Å²) in [6.45, 7) is 1.76. The van der Waals surface area contributed by atoms with Gasteiger partial charge in [0.15, 0.2) is 0 Å². The van der Waals surface area contributed by atoms with Crippen molar-refractivity contribution in [3.05, 3.63) is 94.0 Å². The molecule has 3 aromatic carbocycles. The smallest absolute Gasteiger partial charge is 0.272 e. The van der Waals surface area contributed by atoms with Crippen LogP contribution in [-0.4, -0.2) is 10.2 Å². The third kappa shape index (κ3) is 2.59. The van der Waals surface area contributed by atoms with Crippen LogP contribution in [0.1, 0.15) is 11.1 Å². The quantitative estimate of drug-likeness (QED) is 0.583. The van der Waals surface area contributed by atoms with E-state index in [9.17, 15) is 9.18 Å². The molecule has 5 heteroatoms. The first-order valence-electron chi connectivity index (χ1n) is 8.80. The third-order valence-electron chi connectivity index (χ3n) is 5.11. The molecule has 0 aliphatic carbocycles. The van der Waals surface area contributed by atoms with Gasteiger partial charge in [0.25, 0.3) is 5.56 Å². The minimum Gasteiger partial charge on any atom is -0.363 e. The van der Waals surface area contributed by atoms with Crippen molar-refractivity contribution in [3.8, 4) is 11.3 Å². The van der Waals surface area contributed by atoms with Crippen molar-refractivity contribution in [3.63, 3.8) is 0 Å². The van der Waals surface area contributed by atoms with Gasteiger partial charge in [0, 0.05) is 24.3 Å². The molecule has 27 heavy (non-hydrogen) atoms. The average molecular weight is 357 g/mol. The van der Waals surface area contributed by atoms with Crippen LogP contribution in [0.4, 0.5) is 10.1 Å². The molecule has 0 spiro atoms. The Morgan fingerprint density at radius 1 is 0.889 bits per heavy atom. The van der Waals surface area contributed by atoms with Gasteiger partial charge in [-0.05, 0) is 35.4 Å². The van der Waals surface area contributed by atoms with Crippen LogP contribution >= 0.6 is 0 Å². The van der Waals surface area contributed by atoms with Crippen molar-refractivity contribution in [2.24, 2.45) is 0 Å². The van der Waals surface area contributed by atoms with E-state index in [0.29, 0.717) is 11.1 Å². The van der Waals surface area contributed by atoms with E-state index in [1.165, 1.54) is 23.3 Å². The molecule has 1 N–H and O–H groups in total. The maximum atomic E-state index is 14.4. The Morgan fingerprint density at radius 2 is 1.59 bits per heavy atom. The number of fused-ring (bicyclic) bond motifs is 2. The predicted octanol–water partition coefficient (Wildman–Crippen LogP) is 4.25. The molecule has 4 aromatic rings. The Hall–Kier alpha value is -3.47. The molecular weight excluding hydrogens is 341 g/mol. The van der Waals surface area contributed by atoms with E-state index in [-0.39, 0.29) is 10.9 Å². The van der Waals surface area contributed by atoms with Crippen molar-refractivity contribution in [1.82, 2.24) is 10.2 Å². The van der Waals surface area contributed by atoms with E-state index in [2.05, 4.69) is 39.4 Å². The topological polar surface area (TPSA) is 49.0 Å². The van der Waals surface area contributed by atoms with E-state index >= 15 is 0 Å². The summed E-state index contributed by atoms with van der Waals surface area (Å²) in [5.41, 5.74) is 4.61. The number of anilines is 1. The minimum atomic E-state index is -0.444. The van der Waals surface area contributed by atoms with Crippen LogP contribution in [-0.2, 0) is 13.1 Å². The van der Waals surface area contributed by atoms with Crippen LogP contribution < -0.4 is 10.5 Å². The van der Waals surface area contributed by atoms with Crippen LogP contribution in [0.3, 0.4) is 0 Å². The number of nitrogens with zero attached hydrogens (tertiary/aromatic N) is 2. The maximum Gasteiger partial charge on any atom is 0.272 e. The fraction of sp³-hybridized carbons (Fsp3) is 0.0909. The molecule has 0 unspecified atom stereocenters. The van der Waals surface area contributed by atoms with Gasteiger partial charge in [-0.1, -0.05) is 42.5 Å². The van der Waals surface area contributed by atoms with Crippen molar-refractivity contribution in [2.45, 2.75) is 13.1 Å². The summed E-state index contributed by atoms with van der Waals surface area (Å²) in [4.78, 5) is 14.3. The molecule has 132 valence electrons. The van der Waals surface area contributed by atoms with Gasteiger partial charge in [-0.15, -0.1) is 0 Å². The van der Waals surface area contributed by atoms with E-state index in [0.717, 1.165) is 24.3 Å². The maximum absolute atomic E-state index is 14.4. The van der Waals surface area contributed by atoms with Crippen LogP contribution in [0.2, 0.25) is 0 Å². The monoisotopic (exact) mass is 357 g/mol. The summed E-state index contributed by atoms with van der Waals surface area (Å²) in [5, 5.41) is 7.13. The van der Waals surface area contributed by atoms with Crippen molar-refractivity contribution < 1.29 is 4.39 Å². The van der Waals surface area contributed by atoms with Gasteiger partial charge in [-0.3, -0.25) is 4.79 Å². The van der Waals surface area contributed by atoms with E-state index in [4.69, 9.17) is 0 Å². The summed E-state index contributed by atoms with van der Waals surface area (Å²) in [6, 6.07) is 20.8. The van der Waals surface area contributed by atoms with Crippen molar-refractivity contribution >= 4 is 16.5 Å². The number of H-pyrrole nitrogens is 1. The highest BCUT2D eigenvalue weighted by atomic mass is 19.1. The summed E-state index contributed by atoms with van der Waals surface area (Å²) >= 11 is 0. The van der Waals surface area contributed by atoms with Gasteiger partial charge in [-0.2, -0.15) is 5.10 Å². The summed E-state index contributed by atoms with van der Waals surface area (Å²) in [5.74, 6) is -0.444. The molecule has 0 amide bonds. The zero-order valence-electron chi connectivity index (χ0n) is 14.4. The molecule has 0 atom stereocenters. The molecule has 1 aliphatic heterocycles. The summed E-state index contributed by atoms with van der Waals surface area (Å²) in [7, 11) is 0. The van der Waals surface area contributed by atoms with Crippen molar-refractivity contribution in [1.29, 1.82) is 0 Å². The highest BCUT2D eigenvalue weighted by Gasteiger charge is 2.19. The second-order valence-corrected chi connectivity index (χ2v) is 6.74. The first-order chi connectivity index (χ1) is 13.2. The lowest BCUT2D eigenvalue weighted by molar-refractivity contribution is 0.639. The van der Waals surface area contributed by atoms with Crippen LogP contribution in [0.5, 0.6) is 0 Å². The molecule has 0 bridgehead atoms. The normalized spacial score (nSPS) is 13.1. The molecular formula is C22H16FN3O. The lowest BCUT2D eigenvalue weighted by atomic mass is 10.0. The largest absolute Gasteiger partial charge is 0.363 e. The molecule has 0 saturated carbocycles. The zero-order chi connectivity index (χ0) is 18.4. The Kier molecular flexibility index (Phi) is 3.53. The van der Waals surface area contributed by atoms with Crippen LogP contribution in [0, 0.1) is 5.82 Å². The Morgan fingerprint density at radius 3 is 2.30 bits per heavy atom. The average Bonchev–Trinajstić information content (AvgIpc) is 3.13. The molecule has 1 aliphatic rings. The number of hydrogen-bond donors (Lipinski definition) is 1. The molecule has 1 aromatic heterocycles. The molecule has 0 saturated heterocycles. The Balaban J connectivity index is 1.53. The van der Waals surface area contributed by atoms with Gasteiger partial charge in [0.05, 0.1) is 10.8 Å².